The number of nitrogens with zero attached hydrogens (tertiary/aromatic N) is 2. The van der Waals surface area contributed by atoms with E-state index in [9.17, 15) is 19.2 Å². The van der Waals surface area contributed by atoms with Gasteiger partial charge in [-0.05, 0) is 48.7 Å². The standard InChI is InChI=1S/C31H32N4O5/c1-20-9-13-24(14-10-20)32-29(37)28(21(2)22-7-4-3-5-8-22)35-30(38)27(33-31(35)39)23-11-15-25(16-12-23)40-19-26(36)34-17-6-18-34/h3-5,7-16,21,27-28H,6,17-19H2,1-2H3,(H,32,37)(H,33,39)/t21-,27+,28-/m0/s1. The topological polar surface area (TPSA) is 108 Å². The molecule has 2 saturated heterocycles. The number of hydrogen-bond donors (Lipinski definition) is 2. The molecule has 206 valence electrons. The molecule has 2 heterocycles. The van der Waals surface area contributed by atoms with Crippen molar-refractivity contribution in [3.63, 3.8) is 0 Å². The maximum absolute atomic E-state index is 13.7. The Balaban J connectivity index is 1.34. The van der Waals surface area contributed by atoms with Crippen molar-refractivity contribution in [1.29, 1.82) is 0 Å². The van der Waals surface area contributed by atoms with Gasteiger partial charge in [-0.15, -0.1) is 0 Å². The zero-order valence-electron chi connectivity index (χ0n) is 22.5. The first-order chi connectivity index (χ1) is 19.3. The fourth-order valence-corrected chi connectivity index (χ4v) is 4.90. The summed E-state index contributed by atoms with van der Waals surface area (Å²) in [6.07, 6.45) is 1.01. The highest BCUT2D eigenvalue weighted by Gasteiger charge is 2.47. The number of imide groups is 1. The summed E-state index contributed by atoms with van der Waals surface area (Å²) in [6, 6.07) is 20.7. The van der Waals surface area contributed by atoms with E-state index in [0.717, 1.165) is 35.5 Å². The van der Waals surface area contributed by atoms with Crippen molar-refractivity contribution in [2.24, 2.45) is 0 Å². The third-order valence-corrected chi connectivity index (χ3v) is 7.42. The maximum Gasteiger partial charge on any atom is 0.325 e. The minimum atomic E-state index is -1.09. The number of anilines is 1. The molecular weight excluding hydrogens is 508 g/mol. The van der Waals surface area contributed by atoms with Crippen LogP contribution >= 0.6 is 0 Å². The van der Waals surface area contributed by atoms with Gasteiger partial charge in [0.05, 0.1) is 0 Å². The second-order valence-corrected chi connectivity index (χ2v) is 10.2. The van der Waals surface area contributed by atoms with Crippen LogP contribution < -0.4 is 15.4 Å². The summed E-state index contributed by atoms with van der Waals surface area (Å²) in [5.74, 6) is -1.02. The molecule has 9 nitrogen and oxygen atoms in total. The van der Waals surface area contributed by atoms with E-state index >= 15 is 0 Å². The normalized spacial score (nSPS) is 18.0. The largest absolute Gasteiger partial charge is 0.484 e. The lowest BCUT2D eigenvalue weighted by molar-refractivity contribution is -0.136. The number of ether oxygens (including phenoxy) is 1. The minimum absolute atomic E-state index is 0.0542. The molecule has 9 heteroatoms. The predicted molar refractivity (Wildman–Crippen MR) is 150 cm³/mol. The Hall–Kier alpha value is -4.66. The fourth-order valence-electron chi connectivity index (χ4n) is 4.90. The monoisotopic (exact) mass is 540 g/mol. The van der Waals surface area contributed by atoms with Crippen molar-refractivity contribution in [2.75, 3.05) is 25.0 Å². The van der Waals surface area contributed by atoms with Gasteiger partial charge in [-0.25, -0.2) is 9.69 Å². The highest BCUT2D eigenvalue weighted by molar-refractivity contribution is 6.10. The number of benzene rings is 3. The number of nitrogens with one attached hydrogen (secondary N) is 2. The molecule has 2 N–H and O–H groups in total. The molecule has 2 aliphatic rings. The van der Waals surface area contributed by atoms with Gasteiger partial charge < -0.3 is 20.3 Å². The van der Waals surface area contributed by atoms with Crippen molar-refractivity contribution in [3.8, 4) is 5.75 Å². The van der Waals surface area contributed by atoms with Crippen LogP contribution in [0.25, 0.3) is 0 Å². The van der Waals surface area contributed by atoms with E-state index in [1.807, 2.05) is 56.3 Å². The Morgan fingerprint density at radius 1 is 0.975 bits per heavy atom. The number of likely N-dealkylation sites (tertiary alicyclic amines) is 1. The van der Waals surface area contributed by atoms with Crippen molar-refractivity contribution >= 4 is 29.4 Å². The third-order valence-electron chi connectivity index (χ3n) is 7.42. The van der Waals surface area contributed by atoms with Gasteiger partial charge >= 0.3 is 6.03 Å². The van der Waals surface area contributed by atoms with E-state index in [1.165, 1.54) is 0 Å². The quantitative estimate of drug-likeness (QED) is 0.399. The van der Waals surface area contributed by atoms with Gasteiger partial charge in [-0.2, -0.15) is 0 Å². The van der Waals surface area contributed by atoms with Gasteiger partial charge in [0.15, 0.2) is 6.61 Å². The van der Waals surface area contributed by atoms with Crippen LogP contribution in [0.3, 0.4) is 0 Å². The summed E-state index contributed by atoms with van der Waals surface area (Å²) in [6.45, 7) is 5.24. The first-order valence-corrected chi connectivity index (χ1v) is 13.4. The molecule has 0 aromatic heterocycles. The van der Waals surface area contributed by atoms with Gasteiger partial charge in [0.25, 0.3) is 11.8 Å². The highest BCUT2D eigenvalue weighted by Crippen LogP contribution is 2.31. The van der Waals surface area contributed by atoms with E-state index in [0.29, 0.717) is 17.0 Å². The Morgan fingerprint density at radius 2 is 1.65 bits per heavy atom. The van der Waals surface area contributed by atoms with E-state index in [4.69, 9.17) is 4.74 Å². The van der Waals surface area contributed by atoms with E-state index < -0.39 is 35.8 Å². The zero-order valence-corrected chi connectivity index (χ0v) is 22.5. The first-order valence-electron chi connectivity index (χ1n) is 13.4. The molecule has 3 aromatic rings. The Morgan fingerprint density at radius 3 is 2.27 bits per heavy atom. The van der Waals surface area contributed by atoms with Gasteiger partial charge in [-0.3, -0.25) is 14.4 Å². The van der Waals surface area contributed by atoms with Crippen LogP contribution in [0.1, 0.15) is 42.0 Å². The SMILES string of the molecule is Cc1ccc(NC(=O)[C@H]([C@@H](C)c2ccccc2)N2C(=O)N[C@H](c3ccc(OCC(=O)N4CCC4)cc3)C2=O)cc1. The number of carbonyl (C=O) groups is 4. The van der Waals surface area contributed by atoms with E-state index in [2.05, 4.69) is 10.6 Å². The van der Waals surface area contributed by atoms with Gasteiger partial charge in [0.2, 0.25) is 5.91 Å². The summed E-state index contributed by atoms with van der Waals surface area (Å²) in [7, 11) is 0. The van der Waals surface area contributed by atoms with E-state index in [-0.39, 0.29) is 12.5 Å². The molecular formula is C31H32N4O5. The Bertz CT molecular complexity index is 1390. The molecule has 0 radical (unpaired) electrons. The molecule has 0 spiro atoms. The molecule has 2 aliphatic heterocycles. The molecule has 0 unspecified atom stereocenters. The molecule has 0 aliphatic carbocycles. The van der Waals surface area contributed by atoms with Crippen molar-refractivity contribution in [2.45, 2.75) is 38.3 Å². The number of rotatable bonds is 9. The summed E-state index contributed by atoms with van der Waals surface area (Å²) in [5.41, 5.74) is 2.99. The molecule has 40 heavy (non-hydrogen) atoms. The van der Waals surface area contributed by atoms with Crippen LogP contribution in [-0.4, -0.2) is 59.3 Å². The molecule has 3 atom stereocenters. The van der Waals surface area contributed by atoms with Crippen LogP contribution in [-0.2, 0) is 14.4 Å². The minimum Gasteiger partial charge on any atom is -0.484 e. The smallest absolute Gasteiger partial charge is 0.325 e. The summed E-state index contributed by atoms with van der Waals surface area (Å²) < 4.78 is 5.60. The van der Waals surface area contributed by atoms with Crippen LogP contribution in [0.2, 0.25) is 0 Å². The van der Waals surface area contributed by atoms with Crippen molar-refractivity contribution < 1.29 is 23.9 Å². The molecule has 5 amide bonds. The number of urea groups is 1. The highest BCUT2D eigenvalue weighted by atomic mass is 16.5. The van der Waals surface area contributed by atoms with Crippen LogP contribution in [0.4, 0.5) is 10.5 Å². The second-order valence-electron chi connectivity index (χ2n) is 10.2. The molecule has 3 aromatic carbocycles. The van der Waals surface area contributed by atoms with Gasteiger partial charge in [-0.1, -0.05) is 67.1 Å². The second kappa shape index (κ2) is 11.6. The van der Waals surface area contributed by atoms with Crippen LogP contribution in [0, 0.1) is 6.92 Å². The maximum atomic E-state index is 13.7. The van der Waals surface area contributed by atoms with Crippen LogP contribution in [0.15, 0.2) is 78.9 Å². The average molecular weight is 541 g/mol. The summed E-state index contributed by atoms with van der Waals surface area (Å²) in [4.78, 5) is 55.4. The van der Waals surface area contributed by atoms with Crippen molar-refractivity contribution in [3.05, 3.63) is 95.6 Å². The predicted octanol–water partition coefficient (Wildman–Crippen LogP) is 4.01. The fraction of sp³-hybridized carbons (Fsp3) is 0.290. The molecule has 2 fully saturated rings. The summed E-state index contributed by atoms with van der Waals surface area (Å²) in [5, 5.41) is 5.62. The van der Waals surface area contributed by atoms with Crippen molar-refractivity contribution in [1.82, 2.24) is 15.1 Å². The average Bonchev–Trinajstić information content (AvgIpc) is 3.22. The lowest BCUT2D eigenvalue weighted by atomic mass is 9.91. The first kappa shape index (κ1) is 26.9. The van der Waals surface area contributed by atoms with Crippen LogP contribution in [0.5, 0.6) is 5.75 Å². The number of amides is 5. The number of aryl methyl sites for hydroxylation is 1. The van der Waals surface area contributed by atoms with Gasteiger partial charge in [0, 0.05) is 24.7 Å². The summed E-state index contributed by atoms with van der Waals surface area (Å²) >= 11 is 0. The Kier molecular flexibility index (Phi) is 7.82. The van der Waals surface area contributed by atoms with Gasteiger partial charge in [0.1, 0.15) is 17.8 Å². The lowest BCUT2D eigenvalue weighted by Crippen LogP contribution is -2.50. The lowest BCUT2D eigenvalue weighted by Gasteiger charge is -2.30. The molecule has 0 bridgehead atoms. The number of carbonyl (C=O) groups excluding carboxylic acids is 4. The Labute approximate surface area is 233 Å². The molecule has 5 rings (SSSR count). The zero-order chi connectivity index (χ0) is 28.2. The van der Waals surface area contributed by atoms with E-state index in [1.54, 1.807) is 41.3 Å². The third kappa shape index (κ3) is 5.68. The number of hydrogen-bond acceptors (Lipinski definition) is 5. The molecule has 0 saturated carbocycles.